The number of carbonyl (C=O) groups is 2. The van der Waals surface area contributed by atoms with Crippen molar-refractivity contribution >= 4 is 11.9 Å². The highest BCUT2D eigenvalue weighted by Crippen LogP contribution is 2.53. The largest absolute Gasteiger partial charge is 0.508 e. The van der Waals surface area contributed by atoms with Gasteiger partial charge in [0.1, 0.15) is 34.5 Å². The lowest BCUT2D eigenvalue weighted by atomic mass is 9.65. The Morgan fingerprint density at radius 1 is 0.474 bits per heavy atom. The van der Waals surface area contributed by atoms with Crippen molar-refractivity contribution < 1.29 is 39.5 Å². The number of phenolic OH excluding ortho intramolecular Hbond substituents is 4. The van der Waals surface area contributed by atoms with Gasteiger partial charge in [-0.25, -0.2) is 0 Å². The third-order valence-electron chi connectivity index (χ3n) is 7.24. The van der Waals surface area contributed by atoms with Gasteiger partial charge in [0.25, 0.3) is 0 Å². The molecule has 6 rings (SSSR count). The maximum absolute atomic E-state index is 13.7. The molecule has 4 N–H and O–H groups in total. The summed E-state index contributed by atoms with van der Waals surface area (Å²) >= 11 is 0. The Kier molecular flexibility index (Phi) is 5.45. The van der Waals surface area contributed by atoms with E-state index in [0.29, 0.717) is 22.3 Å². The highest BCUT2D eigenvalue weighted by molar-refractivity contribution is 5.90. The van der Waals surface area contributed by atoms with Gasteiger partial charge < -0.3 is 29.9 Å². The Morgan fingerprint density at radius 3 is 1.18 bits per heavy atom. The number of ether oxygens (including phenoxy) is 2. The molecule has 4 aromatic rings. The Bertz CT molecular complexity index is 1440. The number of rotatable bonds is 3. The minimum Gasteiger partial charge on any atom is -0.508 e. The molecule has 4 aromatic carbocycles. The van der Waals surface area contributed by atoms with Gasteiger partial charge in [0, 0.05) is 35.1 Å². The van der Waals surface area contributed by atoms with E-state index in [-0.39, 0.29) is 34.5 Å². The summed E-state index contributed by atoms with van der Waals surface area (Å²) in [5.41, 5.74) is 2.49. The molecule has 0 spiro atoms. The Labute approximate surface area is 217 Å². The van der Waals surface area contributed by atoms with E-state index in [1.165, 1.54) is 48.5 Å². The molecule has 0 bridgehead atoms. The number of hydrogen-bond acceptors (Lipinski definition) is 8. The average Bonchev–Trinajstić information content (AvgIpc) is 2.88. The van der Waals surface area contributed by atoms with Gasteiger partial charge in [-0.15, -0.1) is 0 Å². The summed E-state index contributed by atoms with van der Waals surface area (Å²) in [4.78, 5) is 27.4. The zero-order valence-electron chi connectivity index (χ0n) is 19.8. The molecule has 0 fully saturated rings. The van der Waals surface area contributed by atoms with Crippen LogP contribution in [0.1, 0.15) is 34.1 Å². The third kappa shape index (κ3) is 3.87. The van der Waals surface area contributed by atoms with Gasteiger partial charge in [0.15, 0.2) is 0 Å². The zero-order chi connectivity index (χ0) is 26.6. The first kappa shape index (κ1) is 23.4. The minimum absolute atomic E-state index is 0.0439. The van der Waals surface area contributed by atoms with E-state index in [0.717, 1.165) is 0 Å². The first-order valence-corrected chi connectivity index (χ1v) is 12.0. The van der Waals surface area contributed by atoms with E-state index in [1.807, 2.05) is 0 Å². The van der Waals surface area contributed by atoms with Crippen LogP contribution in [0.2, 0.25) is 0 Å². The molecule has 38 heavy (non-hydrogen) atoms. The number of esters is 2. The van der Waals surface area contributed by atoms with E-state index >= 15 is 0 Å². The molecule has 0 saturated carbocycles. The highest BCUT2D eigenvalue weighted by Gasteiger charge is 2.52. The van der Waals surface area contributed by atoms with Crippen LogP contribution in [0.15, 0.2) is 84.9 Å². The molecule has 2 heterocycles. The van der Waals surface area contributed by atoms with E-state index < -0.39 is 35.6 Å². The molecule has 0 aromatic heterocycles. The molecule has 2 aliphatic heterocycles. The summed E-state index contributed by atoms with van der Waals surface area (Å²) in [5, 5.41) is 39.9. The second-order valence-electron chi connectivity index (χ2n) is 9.48. The van der Waals surface area contributed by atoms with Gasteiger partial charge >= 0.3 is 11.9 Å². The van der Waals surface area contributed by atoms with Crippen molar-refractivity contribution in [3.63, 3.8) is 0 Å². The van der Waals surface area contributed by atoms with Crippen LogP contribution >= 0.6 is 0 Å². The summed E-state index contributed by atoms with van der Waals surface area (Å²) in [6.07, 6.45) is 0. The van der Waals surface area contributed by atoms with Gasteiger partial charge in [0.2, 0.25) is 0 Å². The predicted molar refractivity (Wildman–Crippen MR) is 134 cm³/mol. The summed E-state index contributed by atoms with van der Waals surface area (Å²) in [5.74, 6) is -4.51. The molecule has 2 aliphatic rings. The van der Waals surface area contributed by atoms with Crippen LogP contribution in [0.3, 0.4) is 0 Å². The molecule has 0 saturated heterocycles. The van der Waals surface area contributed by atoms with E-state index in [2.05, 4.69) is 0 Å². The number of benzene rings is 4. The monoisotopic (exact) mass is 510 g/mol. The van der Waals surface area contributed by atoms with Crippen LogP contribution in [0.4, 0.5) is 0 Å². The fraction of sp³-hybridized carbons (Fsp3) is 0.133. The van der Waals surface area contributed by atoms with Crippen molar-refractivity contribution in [1.82, 2.24) is 0 Å². The standard InChI is InChI=1S/C30H22O8/c31-17-5-1-15(2-6-17)25-21-11-9-19(33)13-23(21)37-29(35)27(25)28-26(16-3-7-18(32)8-4-16)22-12-10-20(34)14-24(22)38-30(28)36/h1-14,25-28,31-34H/t25-,26-,27-,28+/m0/s1. The van der Waals surface area contributed by atoms with Crippen LogP contribution < -0.4 is 9.47 Å². The molecular weight excluding hydrogens is 488 g/mol. The predicted octanol–water partition coefficient (Wildman–Crippen LogP) is 4.54. The normalized spacial score (nSPS) is 22.1. The average molecular weight is 510 g/mol. The molecule has 0 radical (unpaired) electrons. The van der Waals surface area contributed by atoms with Crippen molar-refractivity contribution in [2.24, 2.45) is 11.8 Å². The lowest BCUT2D eigenvalue weighted by Crippen LogP contribution is -2.46. The highest BCUT2D eigenvalue weighted by atomic mass is 16.5. The fourth-order valence-corrected chi connectivity index (χ4v) is 5.59. The minimum atomic E-state index is -1.05. The van der Waals surface area contributed by atoms with Gasteiger partial charge in [-0.05, 0) is 47.5 Å². The summed E-state index contributed by atoms with van der Waals surface area (Å²) in [6, 6.07) is 21.7. The van der Waals surface area contributed by atoms with Crippen molar-refractivity contribution in [3.8, 4) is 34.5 Å². The lowest BCUT2D eigenvalue weighted by molar-refractivity contribution is -0.154. The maximum Gasteiger partial charge on any atom is 0.316 e. The molecular formula is C30H22O8. The van der Waals surface area contributed by atoms with E-state index in [4.69, 9.17) is 9.47 Å². The summed E-state index contributed by atoms with van der Waals surface area (Å²) in [7, 11) is 0. The third-order valence-corrected chi connectivity index (χ3v) is 7.24. The molecule has 8 nitrogen and oxygen atoms in total. The first-order valence-electron chi connectivity index (χ1n) is 12.0. The second-order valence-corrected chi connectivity index (χ2v) is 9.48. The lowest BCUT2D eigenvalue weighted by Gasteiger charge is -2.41. The Hall–Kier alpha value is -4.98. The van der Waals surface area contributed by atoms with Crippen molar-refractivity contribution in [2.75, 3.05) is 0 Å². The van der Waals surface area contributed by atoms with Gasteiger partial charge in [-0.1, -0.05) is 36.4 Å². The fourth-order valence-electron chi connectivity index (χ4n) is 5.59. The van der Waals surface area contributed by atoms with Crippen LogP contribution in [-0.4, -0.2) is 32.4 Å². The molecule has 4 atom stereocenters. The first-order chi connectivity index (χ1) is 18.3. The van der Waals surface area contributed by atoms with Crippen LogP contribution in [-0.2, 0) is 9.59 Å². The number of carbonyl (C=O) groups excluding carboxylic acids is 2. The van der Waals surface area contributed by atoms with Gasteiger partial charge in [0.05, 0.1) is 11.8 Å². The summed E-state index contributed by atoms with van der Waals surface area (Å²) < 4.78 is 11.4. The topological polar surface area (TPSA) is 134 Å². The quantitative estimate of drug-likeness (QED) is 0.233. The molecule has 0 amide bonds. The van der Waals surface area contributed by atoms with Gasteiger partial charge in [-0.3, -0.25) is 9.59 Å². The number of fused-ring (bicyclic) bond motifs is 2. The maximum atomic E-state index is 13.7. The number of hydrogen-bond donors (Lipinski definition) is 4. The molecule has 190 valence electrons. The summed E-state index contributed by atoms with van der Waals surface area (Å²) in [6.45, 7) is 0. The SMILES string of the molecule is O=C1Oc2cc(O)ccc2[C@H](c2ccc(O)cc2)[C@@H]1[C@H]1C(=O)Oc2cc(O)ccc2[C@@H]1c1ccc(O)cc1. The molecule has 0 unspecified atom stereocenters. The van der Waals surface area contributed by atoms with Crippen LogP contribution in [0.5, 0.6) is 34.5 Å². The number of phenols is 4. The zero-order valence-corrected chi connectivity index (χ0v) is 19.8. The smallest absolute Gasteiger partial charge is 0.316 e. The second kappa shape index (κ2) is 8.85. The van der Waals surface area contributed by atoms with E-state index in [9.17, 15) is 30.0 Å². The molecule has 0 aliphatic carbocycles. The van der Waals surface area contributed by atoms with Gasteiger partial charge in [-0.2, -0.15) is 0 Å². The van der Waals surface area contributed by atoms with Crippen molar-refractivity contribution in [1.29, 1.82) is 0 Å². The van der Waals surface area contributed by atoms with Crippen LogP contribution in [0, 0.1) is 11.8 Å². The number of aromatic hydroxyl groups is 4. The van der Waals surface area contributed by atoms with Crippen molar-refractivity contribution in [3.05, 3.63) is 107 Å². The Morgan fingerprint density at radius 2 is 0.816 bits per heavy atom. The Balaban J connectivity index is 1.58. The van der Waals surface area contributed by atoms with Crippen molar-refractivity contribution in [2.45, 2.75) is 11.8 Å². The molecule has 8 heteroatoms. The van der Waals surface area contributed by atoms with Crippen LogP contribution in [0.25, 0.3) is 0 Å². The van der Waals surface area contributed by atoms with E-state index in [1.54, 1.807) is 36.4 Å².